The fourth-order valence-corrected chi connectivity index (χ4v) is 2.29. The minimum atomic E-state index is 0.0471. The summed E-state index contributed by atoms with van der Waals surface area (Å²) in [5, 5.41) is 3.46. The lowest BCUT2D eigenvalue weighted by Gasteiger charge is -2.28. The molecule has 0 aliphatic carbocycles. The normalized spacial score (nSPS) is 26.9. The van der Waals surface area contributed by atoms with Crippen LogP contribution < -0.4 is 5.32 Å². The molecule has 3 atom stereocenters. The fraction of sp³-hybridized carbons (Fsp3) is 0.929. The van der Waals surface area contributed by atoms with Gasteiger partial charge in [0.25, 0.3) is 0 Å². The first-order chi connectivity index (χ1) is 8.01. The Bertz CT molecular complexity index is 253. The number of hydrogen-bond acceptors (Lipinski definition) is 2. The van der Waals surface area contributed by atoms with Crippen molar-refractivity contribution in [2.75, 3.05) is 6.54 Å². The summed E-state index contributed by atoms with van der Waals surface area (Å²) in [5.74, 6) is 1.50. The SMILES string of the molecule is CCCC1NC(CC)C(=O)N1CC(C)C(C)C. The molecule has 1 rings (SSSR count). The van der Waals surface area contributed by atoms with Crippen LogP contribution in [0.4, 0.5) is 0 Å². The van der Waals surface area contributed by atoms with Crippen molar-refractivity contribution >= 4 is 5.91 Å². The molecule has 0 aromatic carbocycles. The third-order valence-corrected chi connectivity index (χ3v) is 3.94. The number of nitrogens with one attached hydrogen (secondary N) is 1. The molecule has 0 radical (unpaired) electrons. The lowest BCUT2D eigenvalue weighted by molar-refractivity contribution is -0.130. The monoisotopic (exact) mass is 240 g/mol. The maximum absolute atomic E-state index is 12.2. The minimum Gasteiger partial charge on any atom is -0.326 e. The van der Waals surface area contributed by atoms with Crippen molar-refractivity contribution in [1.29, 1.82) is 0 Å². The van der Waals surface area contributed by atoms with Crippen LogP contribution in [0.3, 0.4) is 0 Å². The number of carbonyl (C=O) groups excluding carboxylic acids is 1. The first-order valence-electron chi connectivity index (χ1n) is 7.07. The molecule has 1 aliphatic rings. The highest BCUT2D eigenvalue weighted by molar-refractivity contribution is 5.84. The zero-order valence-corrected chi connectivity index (χ0v) is 12.0. The van der Waals surface area contributed by atoms with E-state index in [1.165, 1.54) is 0 Å². The van der Waals surface area contributed by atoms with Gasteiger partial charge in [-0.1, -0.05) is 41.0 Å². The van der Waals surface area contributed by atoms with Gasteiger partial charge in [0, 0.05) is 6.54 Å². The largest absolute Gasteiger partial charge is 0.326 e. The summed E-state index contributed by atoms with van der Waals surface area (Å²) in [6, 6.07) is 0.0471. The van der Waals surface area contributed by atoms with Gasteiger partial charge in [-0.25, -0.2) is 0 Å². The minimum absolute atomic E-state index is 0.0471. The van der Waals surface area contributed by atoms with E-state index in [2.05, 4.69) is 44.8 Å². The van der Waals surface area contributed by atoms with Gasteiger partial charge in [0.1, 0.15) is 0 Å². The van der Waals surface area contributed by atoms with E-state index in [0.29, 0.717) is 17.7 Å². The van der Waals surface area contributed by atoms with Crippen LogP contribution in [0.5, 0.6) is 0 Å². The maximum Gasteiger partial charge on any atom is 0.241 e. The van der Waals surface area contributed by atoms with E-state index >= 15 is 0 Å². The topological polar surface area (TPSA) is 32.3 Å². The van der Waals surface area contributed by atoms with Gasteiger partial charge in [0.05, 0.1) is 12.2 Å². The highest BCUT2D eigenvalue weighted by atomic mass is 16.2. The van der Waals surface area contributed by atoms with Crippen LogP contribution in [0.2, 0.25) is 0 Å². The summed E-state index contributed by atoms with van der Waals surface area (Å²) < 4.78 is 0. The molecule has 1 amide bonds. The maximum atomic E-state index is 12.2. The van der Waals surface area contributed by atoms with Crippen LogP contribution in [-0.4, -0.2) is 29.6 Å². The van der Waals surface area contributed by atoms with E-state index in [1.54, 1.807) is 0 Å². The molecule has 17 heavy (non-hydrogen) atoms. The number of hydrogen-bond donors (Lipinski definition) is 1. The van der Waals surface area contributed by atoms with Crippen LogP contribution in [0, 0.1) is 11.8 Å². The van der Waals surface area contributed by atoms with Gasteiger partial charge in [0.2, 0.25) is 5.91 Å². The molecule has 0 saturated carbocycles. The second-order valence-electron chi connectivity index (χ2n) is 5.64. The van der Waals surface area contributed by atoms with Crippen LogP contribution in [0.15, 0.2) is 0 Å². The molecule has 100 valence electrons. The Hall–Kier alpha value is -0.570. The molecular weight excluding hydrogens is 212 g/mol. The molecule has 0 aromatic rings. The Balaban J connectivity index is 2.67. The summed E-state index contributed by atoms with van der Waals surface area (Å²) in [7, 11) is 0. The Kier molecular flexibility index (Phi) is 5.44. The number of rotatable bonds is 6. The molecule has 1 saturated heterocycles. The highest BCUT2D eigenvalue weighted by Gasteiger charge is 2.37. The average Bonchev–Trinajstić information content (AvgIpc) is 2.57. The molecular formula is C14H28N2O. The van der Waals surface area contributed by atoms with E-state index in [9.17, 15) is 4.79 Å². The van der Waals surface area contributed by atoms with Gasteiger partial charge in [0.15, 0.2) is 0 Å². The van der Waals surface area contributed by atoms with Gasteiger partial charge >= 0.3 is 0 Å². The number of carbonyl (C=O) groups is 1. The molecule has 0 aromatic heterocycles. The summed E-state index contributed by atoms with van der Waals surface area (Å²) in [6.45, 7) is 11.8. The quantitative estimate of drug-likeness (QED) is 0.774. The molecule has 1 fully saturated rings. The standard InChI is InChI=1S/C14H28N2O/c1-6-8-13-15-12(7-2)14(17)16(13)9-11(5)10(3)4/h10-13,15H,6-9H2,1-5H3. The molecule has 1 N–H and O–H groups in total. The van der Waals surface area contributed by atoms with E-state index in [0.717, 1.165) is 25.8 Å². The molecule has 0 bridgehead atoms. The third kappa shape index (κ3) is 3.44. The summed E-state index contributed by atoms with van der Waals surface area (Å²) in [4.78, 5) is 14.3. The second kappa shape index (κ2) is 6.39. The summed E-state index contributed by atoms with van der Waals surface area (Å²) in [6.07, 6.45) is 3.34. The number of nitrogens with zero attached hydrogens (tertiary/aromatic N) is 1. The van der Waals surface area contributed by atoms with Crippen LogP contribution in [0.25, 0.3) is 0 Å². The van der Waals surface area contributed by atoms with Gasteiger partial charge in [-0.3, -0.25) is 10.1 Å². The van der Waals surface area contributed by atoms with Gasteiger partial charge < -0.3 is 4.90 Å². The van der Waals surface area contributed by atoms with Crippen molar-refractivity contribution < 1.29 is 4.79 Å². The van der Waals surface area contributed by atoms with Crippen molar-refractivity contribution in [3.63, 3.8) is 0 Å². The fourth-order valence-electron chi connectivity index (χ4n) is 2.29. The van der Waals surface area contributed by atoms with Crippen molar-refractivity contribution in [1.82, 2.24) is 10.2 Å². The van der Waals surface area contributed by atoms with Crippen molar-refractivity contribution in [3.8, 4) is 0 Å². The second-order valence-corrected chi connectivity index (χ2v) is 5.64. The van der Waals surface area contributed by atoms with Crippen LogP contribution >= 0.6 is 0 Å². The smallest absolute Gasteiger partial charge is 0.241 e. The van der Waals surface area contributed by atoms with Gasteiger partial charge in [-0.15, -0.1) is 0 Å². The zero-order valence-electron chi connectivity index (χ0n) is 12.0. The predicted molar refractivity (Wildman–Crippen MR) is 71.6 cm³/mol. The molecule has 1 heterocycles. The highest BCUT2D eigenvalue weighted by Crippen LogP contribution is 2.21. The van der Waals surface area contributed by atoms with Gasteiger partial charge in [-0.05, 0) is 24.7 Å². The molecule has 3 unspecified atom stereocenters. The summed E-state index contributed by atoms with van der Waals surface area (Å²) >= 11 is 0. The molecule has 3 nitrogen and oxygen atoms in total. The van der Waals surface area contributed by atoms with Crippen LogP contribution in [0.1, 0.15) is 53.9 Å². The van der Waals surface area contributed by atoms with Crippen LogP contribution in [-0.2, 0) is 4.79 Å². The Morgan fingerprint density at radius 3 is 2.41 bits per heavy atom. The molecule has 0 spiro atoms. The molecule has 3 heteroatoms. The van der Waals surface area contributed by atoms with Crippen molar-refractivity contribution in [2.45, 2.75) is 66.1 Å². The Labute approximate surface area is 106 Å². The Morgan fingerprint density at radius 2 is 1.94 bits per heavy atom. The molecule has 1 aliphatic heterocycles. The average molecular weight is 240 g/mol. The van der Waals surface area contributed by atoms with E-state index < -0.39 is 0 Å². The van der Waals surface area contributed by atoms with E-state index in [-0.39, 0.29) is 12.2 Å². The van der Waals surface area contributed by atoms with Crippen molar-refractivity contribution in [2.24, 2.45) is 11.8 Å². The zero-order chi connectivity index (χ0) is 13.0. The Morgan fingerprint density at radius 1 is 1.29 bits per heavy atom. The van der Waals surface area contributed by atoms with E-state index in [1.807, 2.05) is 0 Å². The first kappa shape index (κ1) is 14.5. The van der Waals surface area contributed by atoms with E-state index in [4.69, 9.17) is 0 Å². The van der Waals surface area contributed by atoms with Crippen molar-refractivity contribution in [3.05, 3.63) is 0 Å². The lowest BCUT2D eigenvalue weighted by Crippen LogP contribution is -2.40. The predicted octanol–water partition coefficient (Wildman–Crippen LogP) is 2.62. The first-order valence-corrected chi connectivity index (χ1v) is 7.07. The number of amides is 1. The lowest BCUT2D eigenvalue weighted by atomic mass is 9.97. The third-order valence-electron chi connectivity index (χ3n) is 3.94. The summed E-state index contributed by atoms with van der Waals surface area (Å²) in [5.41, 5.74) is 0. The van der Waals surface area contributed by atoms with Gasteiger partial charge in [-0.2, -0.15) is 0 Å².